The van der Waals surface area contributed by atoms with Gasteiger partial charge in [0, 0.05) is 23.5 Å². The highest BCUT2D eigenvalue weighted by Crippen LogP contribution is 2.39. The molecule has 3 heterocycles. The van der Waals surface area contributed by atoms with Gasteiger partial charge >= 0.3 is 0 Å². The maximum atomic E-state index is 12.5. The summed E-state index contributed by atoms with van der Waals surface area (Å²) in [5.74, 6) is -0.244. The van der Waals surface area contributed by atoms with E-state index < -0.39 is 0 Å². The molecular formula is C18H21N3O2S. The summed E-state index contributed by atoms with van der Waals surface area (Å²) in [6, 6.07) is 5.60. The Balaban J connectivity index is 1.85. The maximum absolute atomic E-state index is 12.5. The van der Waals surface area contributed by atoms with Crippen LogP contribution < -0.4 is 10.6 Å². The second-order valence-electron chi connectivity index (χ2n) is 7.05. The minimum Gasteiger partial charge on any atom is -0.362 e. The first-order valence-corrected chi connectivity index (χ1v) is 8.69. The van der Waals surface area contributed by atoms with Crippen LogP contribution in [0.3, 0.4) is 0 Å². The van der Waals surface area contributed by atoms with E-state index in [4.69, 9.17) is 0 Å². The van der Waals surface area contributed by atoms with Crippen molar-refractivity contribution in [3.05, 3.63) is 40.5 Å². The monoisotopic (exact) mass is 343 g/mol. The van der Waals surface area contributed by atoms with Crippen LogP contribution in [0.25, 0.3) is 11.6 Å². The number of hydrogen-bond acceptors (Lipinski definition) is 3. The van der Waals surface area contributed by atoms with Gasteiger partial charge in [-0.2, -0.15) is 0 Å². The van der Waals surface area contributed by atoms with Gasteiger partial charge in [0.2, 0.25) is 0 Å². The lowest BCUT2D eigenvalue weighted by Gasteiger charge is -2.27. The van der Waals surface area contributed by atoms with Crippen molar-refractivity contribution in [3.8, 4) is 0 Å². The van der Waals surface area contributed by atoms with Crippen molar-refractivity contribution in [3.63, 3.8) is 0 Å². The van der Waals surface area contributed by atoms with E-state index in [2.05, 4.69) is 36.4 Å². The van der Waals surface area contributed by atoms with Gasteiger partial charge in [-0.1, -0.05) is 20.8 Å². The molecule has 0 radical (unpaired) electrons. The molecule has 1 atom stereocenters. The summed E-state index contributed by atoms with van der Waals surface area (Å²) in [4.78, 5) is 28.3. The van der Waals surface area contributed by atoms with Crippen LogP contribution in [0.2, 0.25) is 0 Å². The Morgan fingerprint density at radius 3 is 2.75 bits per heavy atom. The number of aromatic amines is 1. The highest BCUT2D eigenvalue weighted by Gasteiger charge is 2.29. The number of carbonyl (C=O) groups excluding carboxylic acids is 2. The zero-order chi connectivity index (χ0) is 17.5. The Morgan fingerprint density at radius 2 is 2.12 bits per heavy atom. The molecule has 3 rings (SSSR count). The summed E-state index contributed by atoms with van der Waals surface area (Å²) in [5.41, 5.74) is 2.20. The van der Waals surface area contributed by atoms with E-state index in [1.165, 1.54) is 11.3 Å². The third-order valence-electron chi connectivity index (χ3n) is 4.29. The minimum atomic E-state index is -0.138. The van der Waals surface area contributed by atoms with Crippen molar-refractivity contribution in [2.75, 3.05) is 5.32 Å². The predicted molar refractivity (Wildman–Crippen MR) is 98.0 cm³/mol. The molecule has 2 amide bonds. The van der Waals surface area contributed by atoms with Gasteiger partial charge in [-0.15, -0.1) is 11.3 Å². The molecule has 0 fully saturated rings. The Labute approximate surface area is 145 Å². The fourth-order valence-corrected chi connectivity index (χ4v) is 3.28. The van der Waals surface area contributed by atoms with Crippen LogP contribution in [0.5, 0.6) is 0 Å². The molecule has 2 aromatic heterocycles. The summed E-state index contributed by atoms with van der Waals surface area (Å²) in [6.45, 7) is 8.26. The minimum absolute atomic E-state index is 0.0114. The number of thiophene rings is 1. The summed E-state index contributed by atoms with van der Waals surface area (Å²) in [7, 11) is 0. The van der Waals surface area contributed by atoms with Gasteiger partial charge in [0.25, 0.3) is 11.8 Å². The molecule has 126 valence electrons. The van der Waals surface area contributed by atoms with Gasteiger partial charge in [0.15, 0.2) is 0 Å². The zero-order valence-corrected chi connectivity index (χ0v) is 15.0. The first kappa shape index (κ1) is 16.5. The molecule has 2 aromatic rings. The molecule has 24 heavy (non-hydrogen) atoms. The van der Waals surface area contributed by atoms with Gasteiger partial charge in [-0.05, 0) is 36.6 Å². The predicted octanol–water partition coefficient (Wildman–Crippen LogP) is 3.73. The Morgan fingerprint density at radius 1 is 1.38 bits per heavy atom. The molecular weight excluding hydrogens is 322 g/mol. The van der Waals surface area contributed by atoms with Crippen LogP contribution >= 0.6 is 11.3 Å². The molecule has 0 aliphatic carbocycles. The smallest absolute Gasteiger partial charge is 0.261 e. The molecule has 0 saturated heterocycles. The Kier molecular flexibility index (Phi) is 4.09. The van der Waals surface area contributed by atoms with Crippen LogP contribution in [0.1, 0.15) is 48.6 Å². The number of aromatic nitrogens is 1. The number of H-pyrrole nitrogens is 1. The van der Waals surface area contributed by atoms with Crippen LogP contribution in [-0.4, -0.2) is 22.8 Å². The van der Waals surface area contributed by atoms with Crippen molar-refractivity contribution in [1.82, 2.24) is 10.3 Å². The lowest BCUT2D eigenvalue weighted by molar-refractivity contribution is -0.110. The highest BCUT2D eigenvalue weighted by atomic mass is 32.1. The first-order chi connectivity index (χ1) is 11.3. The SMILES string of the molecule is CC(NC(=O)c1cc2c(s1)NC(=O)/C2=C\c1ccc[nH]1)C(C)(C)C. The molecule has 1 unspecified atom stereocenters. The number of anilines is 1. The van der Waals surface area contributed by atoms with Crippen LogP contribution in [0.4, 0.5) is 5.00 Å². The van der Waals surface area contributed by atoms with E-state index in [0.717, 1.165) is 16.3 Å². The number of rotatable bonds is 3. The van der Waals surface area contributed by atoms with E-state index in [0.29, 0.717) is 10.5 Å². The van der Waals surface area contributed by atoms with Gasteiger partial charge in [0.1, 0.15) is 5.00 Å². The quantitative estimate of drug-likeness (QED) is 0.743. The van der Waals surface area contributed by atoms with E-state index in [1.807, 2.05) is 19.1 Å². The lowest BCUT2D eigenvalue weighted by atomic mass is 9.88. The van der Waals surface area contributed by atoms with Crippen LogP contribution in [-0.2, 0) is 4.79 Å². The topological polar surface area (TPSA) is 74.0 Å². The number of carbonyl (C=O) groups is 2. The molecule has 5 nitrogen and oxygen atoms in total. The Bertz CT molecular complexity index is 810. The second-order valence-corrected chi connectivity index (χ2v) is 8.10. The van der Waals surface area contributed by atoms with Gasteiger partial charge in [0.05, 0.1) is 10.5 Å². The van der Waals surface area contributed by atoms with Crippen molar-refractivity contribution >= 4 is 39.8 Å². The average Bonchev–Trinajstić information content (AvgIpc) is 3.17. The molecule has 0 spiro atoms. The first-order valence-electron chi connectivity index (χ1n) is 7.87. The third-order valence-corrected chi connectivity index (χ3v) is 5.34. The largest absolute Gasteiger partial charge is 0.362 e. The number of nitrogens with one attached hydrogen (secondary N) is 3. The number of fused-ring (bicyclic) bond motifs is 1. The van der Waals surface area contributed by atoms with Crippen molar-refractivity contribution in [1.29, 1.82) is 0 Å². The molecule has 0 bridgehead atoms. The van der Waals surface area contributed by atoms with Gasteiger partial charge in [-0.25, -0.2) is 0 Å². The third kappa shape index (κ3) is 3.14. The van der Waals surface area contributed by atoms with Crippen LogP contribution in [0.15, 0.2) is 24.4 Å². The molecule has 6 heteroatoms. The highest BCUT2D eigenvalue weighted by molar-refractivity contribution is 7.18. The average molecular weight is 343 g/mol. The zero-order valence-electron chi connectivity index (χ0n) is 14.2. The standard InChI is InChI=1S/C18H21N3O2S/c1-10(18(2,3)4)20-16(23)14-9-13-12(8-11-6-5-7-19-11)15(22)21-17(13)24-14/h5-10,19H,1-4H3,(H,20,23)(H,21,22)/b12-8-. The van der Waals surface area contributed by atoms with Crippen molar-refractivity contribution in [2.45, 2.75) is 33.7 Å². The van der Waals surface area contributed by atoms with Crippen LogP contribution in [0, 0.1) is 5.41 Å². The molecule has 1 aliphatic rings. The van der Waals surface area contributed by atoms with E-state index in [1.54, 1.807) is 18.3 Å². The summed E-state index contributed by atoms with van der Waals surface area (Å²) in [5, 5.41) is 6.59. The Hall–Kier alpha value is -2.34. The van der Waals surface area contributed by atoms with E-state index in [9.17, 15) is 9.59 Å². The van der Waals surface area contributed by atoms with Crippen molar-refractivity contribution < 1.29 is 9.59 Å². The number of hydrogen-bond donors (Lipinski definition) is 3. The summed E-state index contributed by atoms with van der Waals surface area (Å²) in [6.07, 6.45) is 3.61. The second kappa shape index (κ2) is 5.94. The summed E-state index contributed by atoms with van der Waals surface area (Å²) < 4.78 is 0. The van der Waals surface area contributed by atoms with Crippen molar-refractivity contribution in [2.24, 2.45) is 5.41 Å². The number of amides is 2. The fraction of sp³-hybridized carbons (Fsp3) is 0.333. The maximum Gasteiger partial charge on any atom is 0.261 e. The lowest BCUT2D eigenvalue weighted by Crippen LogP contribution is -2.41. The summed E-state index contributed by atoms with van der Waals surface area (Å²) >= 11 is 1.31. The molecule has 0 saturated carbocycles. The van der Waals surface area contributed by atoms with Gasteiger partial charge < -0.3 is 15.6 Å². The molecule has 0 aromatic carbocycles. The fourth-order valence-electron chi connectivity index (χ4n) is 2.31. The van der Waals surface area contributed by atoms with E-state index >= 15 is 0 Å². The molecule has 3 N–H and O–H groups in total. The van der Waals surface area contributed by atoms with E-state index in [-0.39, 0.29) is 23.3 Å². The molecule has 1 aliphatic heterocycles. The van der Waals surface area contributed by atoms with Gasteiger partial charge in [-0.3, -0.25) is 9.59 Å². The normalized spacial score (nSPS) is 16.8.